The van der Waals surface area contributed by atoms with Crippen LogP contribution in [-0.4, -0.2) is 51.7 Å². The Labute approximate surface area is 151 Å². The molecule has 2 aliphatic rings. The highest BCUT2D eigenvalue weighted by Gasteiger charge is 2.29. The Kier molecular flexibility index (Phi) is 4.67. The van der Waals surface area contributed by atoms with Crippen LogP contribution in [-0.2, 0) is 0 Å². The van der Waals surface area contributed by atoms with Crippen LogP contribution in [0.2, 0.25) is 0 Å². The molecule has 1 atom stereocenters. The van der Waals surface area contributed by atoms with Gasteiger partial charge in [-0.1, -0.05) is 13.8 Å². The molecule has 4 heterocycles. The largest absolute Gasteiger partial charge is 0.356 e. The second kappa shape index (κ2) is 6.94. The molecule has 0 aliphatic carbocycles. The van der Waals surface area contributed by atoms with Gasteiger partial charge in [-0.2, -0.15) is 9.61 Å². The lowest BCUT2D eigenvalue weighted by Crippen LogP contribution is -2.43. The van der Waals surface area contributed by atoms with Crippen molar-refractivity contribution in [1.82, 2.24) is 19.5 Å². The first-order valence-corrected chi connectivity index (χ1v) is 9.97. The van der Waals surface area contributed by atoms with E-state index in [1.807, 2.05) is 16.8 Å². The number of likely N-dealkylation sites (tertiary alicyclic amines) is 1. The van der Waals surface area contributed by atoms with E-state index >= 15 is 0 Å². The van der Waals surface area contributed by atoms with Gasteiger partial charge in [0.15, 0.2) is 5.65 Å². The summed E-state index contributed by atoms with van der Waals surface area (Å²) in [5, 5.41) is 4.52. The summed E-state index contributed by atoms with van der Waals surface area (Å²) in [7, 11) is 0. The molecule has 25 heavy (non-hydrogen) atoms. The maximum absolute atomic E-state index is 4.75. The molecule has 136 valence electrons. The van der Waals surface area contributed by atoms with Crippen LogP contribution in [0.15, 0.2) is 18.3 Å². The van der Waals surface area contributed by atoms with E-state index in [4.69, 9.17) is 4.98 Å². The Hall–Kier alpha value is -1.62. The van der Waals surface area contributed by atoms with Gasteiger partial charge in [-0.15, -0.1) is 0 Å². The number of rotatable bonds is 4. The smallest absolute Gasteiger partial charge is 0.157 e. The Morgan fingerprint density at radius 1 is 1.04 bits per heavy atom. The van der Waals surface area contributed by atoms with Gasteiger partial charge >= 0.3 is 0 Å². The van der Waals surface area contributed by atoms with E-state index in [-0.39, 0.29) is 0 Å². The standard InChI is InChI=1S/C20H31N5/c1-15(2)18-14-20(25-19(22-18)6-9-21-25)24-12-7-17(8-13-24)16(3)23-10-4-5-11-23/h6,9,14-17H,4-5,7-8,10-13H2,1-3H3/t16-/m1/s1. The van der Waals surface area contributed by atoms with Crippen molar-refractivity contribution in [3.63, 3.8) is 0 Å². The summed E-state index contributed by atoms with van der Waals surface area (Å²) in [5.74, 6) is 2.48. The van der Waals surface area contributed by atoms with Gasteiger partial charge in [-0.3, -0.25) is 0 Å². The first kappa shape index (κ1) is 16.8. The van der Waals surface area contributed by atoms with E-state index < -0.39 is 0 Å². The maximum atomic E-state index is 4.75. The molecule has 5 nitrogen and oxygen atoms in total. The van der Waals surface area contributed by atoms with E-state index in [2.05, 4.69) is 41.7 Å². The molecule has 2 saturated heterocycles. The molecule has 0 unspecified atom stereocenters. The van der Waals surface area contributed by atoms with E-state index in [0.717, 1.165) is 36.4 Å². The SMILES string of the molecule is CC(C)c1cc(N2CCC([C@@H](C)N3CCCC3)CC2)n2nccc2n1. The summed E-state index contributed by atoms with van der Waals surface area (Å²) in [6, 6.07) is 4.99. The molecule has 0 bridgehead atoms. The zero-order valence-electron chi connectivity index (χ0n) is 15.9. The van der Waals surface area contributed by atoms with Crippen LogP contribution >= 0.6 is 0 Å². The van der Waals surface area contributed by atoms with Gasteiger partial charge in [-0.25, -0.2) is 4.98 Å². The lowest BCUT2D eigenvalue weighted by Gasteiger charge is -2.39. The predicted molar refractivity (Wildman–Crippen MR) is 102 cm³/mol. The van der Waals surface area contributed by atoms with Crippen LogP contribution in [0.25, 0.3) is 5.65 Å². The second-order valence-corrected chi connectivity index (χ2v) is 8.10. The number of anilines is 1. The number of aromatic nitrogens is 3. The predicted octanol–water partition coefficient (Wildman–Crippen LogP) is 3.55. The third-order valence-corrected chi connectivity index (χ3v) is 6.21. The fourth-order valence-corrected chi connectivity index (χ4v) is 4.49. The topological polar surface area (TPSA) is 36.7 Å². The highest BCUT2D eigenvalue weighted by Crippen LogP contribution is 2.30. The fourth-order valence-electron chi connectivity index (χ4n) is 4.49. The Morgan fingerprint density at radius 3 is 2.44 bits per heavy atom. The molecule has 2 fully saturated rings. The molecule has 0 amide bonds. The van der Waals surface area contributed by atoms with Crippen LogP contribution < -0.4 is 4.90 Å². The monoisotopic (exact) mass is 341 g/mol. The third kappa shape index (κ3) is 3.26. The highest BCUT2D eigenvalue weighted by atomic mass is 15.3. The highest BCUT2D eigenvalue weighted by molar-refractivity contribution is 5.51. The minimum atomic E-state index is 0.436. The number of hydrogen-bond donors (Lipinski definition) is 0. The van der Waals surface area contributed by atoms with E-state index in [0.29, 0.717) is 5.92 Å². The number of hydrogen-bond acceptors (Lipinski definition) is 4. The summed E-state index contributed by atoms with van der Waals surface area (Å²) in [6.07, 6.45) is 7.18. The molecular weight excluding hydrogens is 310 g/mol. The molecule has 0 saturated carbocycles. The zero-order valence-corrected chi connectivity index (χ0v) is 15.9. The number of fused-ring (bicyclic) bond motifs is 1. The minimum absolute atomic E-state index is 0.436. The summed E-state index contributed by atoms with van der Waals surface area (Å²) in [5.41, 5.74) is 2.13. The van der Waals surface area contributed by atoms with Gasteiger partial charge in [0.25, 0.3) is 0 Å². The summed E-state index contributed by atoms with van der Waals surface area (Å²) in [4.78, 5) is 9.97. The average Bonchev–Trinajstić information content (AvgIpc) is 3.31. The fraction of sp³-hybridized carbons (Fsp3) is 0.700. The van der Waals surface area contributed by atoms with Crippen molar-refractivity contribution < 1.29 is 0 Å². The quantitative estimate of drug-likeness (QED) is 0.852. The van der Waals surface area contributed by atoms with E-state index in [9.17, 15) is 0 Å². The Balaban J connectivity index is 1.50. The normalized spacial score (nSPS) is 21.5. The van der Waals surface area contributed by atoms with Crippen molar-refractivity contribution in [2.45, 2.75) is 58.4 Å². The molecular formula is C20H31N5. The number of nitrogens with zero attached hydrogens (tertiary/aromatic N) is 5. The van der Waals surface area contributed by atoms with Crippen molar-refractivity contribution in [2.75, 3.05) is 31.1 Å². The van der Waals surface area contributed by atoms with Crippen molar-refractivity contribution in [3.05, 3.63) is 24.0 Å². The van der Waals surface area contributed by atoms with Crippen molar-refractivity contribution in [2.24, 2.45) is 5.92 Å². The molecule has 5 heteroatoms. The Morgan fingerprint density at radius 2 is 1.76 bits per heavy atom. The van der Waals surface area contributed by atoms with E-state index in [1.54, 1.807) is 0 Å². The minimum Gasteiger partial charge on any atom is -0.356 e. The zero-order chi connectivity index (χ0) is 17.4. The molecule has 0 aromatic carbocycles. The van der Waals surface area contributed by atoms with Gasteiger partial charge in [-0.05, 0) is 57.5 Å². The molecule has 2 aromatic heterocycles. The van der Waals surface area contributed by atoms with Gasteiger partial charge in [0.05, 0.1) is 6.20 Å². The molecule has 4 rings (SSSR count). The van der Waals surface area contributed by atoms with Crippen molar-refractivity contribution in [3.8, 4) is 0 Å². The lowest BCUT2D eigenvalue weighted by molar-refractivity contribution is 0.167. The summed E-state index contributed by atoms with van der Waals surface area (Å²) >= 11 is 0. The van der Waals surface area contributed by atoms with Crippen LogP contribution in [0.3, 0.4) is 0 Å². The third-order valence-electron chi connectivity index (χ3n) is 6.21. The summed E-state index contributed by atoms with van der Waals surface area (Å²) in [6.45, 7) is 11.7. The van der Waals surface area contributed by atoms with Gasteiger partial charge in [0, 0.05) is 37.0 Å². The van der Waals surface area contributed by atoms with Crippen LogP contribution in [0.4, 0.5) is 5.82 Å². The average molecular weight is 342 g/mol. The van der Waals surface area contributed by atoms with Crippen molar-refractivity contribution in [1.29, 1.82) is 0 Å². The molecule has 0 radical (unpaired) electrons. The number of piperidine rings is 1. The van der Waals surface area contributed by atoms with E-state index in [1.165, 1.54) is 44.6 Å². The molecule has 2 aliphatic heterocycles. The van der Waals surface area contributed by atoms with Gasteiger partial charge in [0.2, 0.25) is 0 Å². The second-order valence-electron chi connectivity index (χ2n) is 8.10. The molecule has 2 aromatic rings. The molecule has 0 N–H and O–H groups in total. The summed E-state index contributed by atoms with van der Waals surface area (Å²) < 4.78 is 2.01. The first-order chi connectivity index (χ1) is 12.1. The van der Waals surface area contributed by atoms with Gasteiger partial charge in [0.1, 0.15) is 5.82 Å². The van der Waals surface area contributed by atoms with Gasteiger partial charge < -0.3 is 9.80 Å². The van der Waals surface area contributed by atoms with Crippen molar-refractivity contribution >= 4 is 11.5 Å². The first-order valence-electron chi connectivity index (χ1n) is 9.97. The van der Waals surface area contributed by atoms with Crippen LogP contribution in [0.5, 0.6) is 0 Å². The van der Waals surface area contributed by atoms with Crippen LogP contribution in [0, 0.1) is 5.92 Å². The molecule has 0 spiro atoms. The lowest BCUT2D eigenvalue weighted by atomic mass is 9.89. The maximum Gasteiger partial charge on any atom is 0.157 e. The van der Waals surface area contributed by atoms with Crippen LogP contribution in [0.1, 0.15) is 58.1 Å². The Bertz CT molecular complexity index is 708.